The highest BCUT2D eigenvalue weighted by molar-refractivity contribution is 9.10. The maximum atomic E-state index is 12.8. The molecule has 4 rings (SSSR count). The number of hydrogen-bond donors (Lipinski definition) is 1. The number of aromatic nitrogens is 3. The summed E-state index contributed by atoms with van der Waals surface area (Å²) in [5.74, 6) is 0.0105. The number of nitrogens with zero attached hydrogens (tertiary/aromatic N) is 3. The van der Waals surface area contributed by atoms with Crippen molar-refractivity contribution in [2.45, 2.75) is 0 Å². The molecule has 150 valence electrons. The summed E-state index contributed by atoms with van der Waals surface area (Å²) >= 11 is 21.5. The Bertz CT molecular complexity index is 1160. The molecule has 0 aliphatic heterocycles. The molecule has 0 aliphatic rings. The Morgan fingerprint density at radius 2 is 1.57 bits per heavy atom. The molecule has 1 heterocycles. The van der Waals surface area contributed by atoms with Crippen molar-refractivity contribution in [3.8, 4) is 17.1 Å². The number of nitrogens with one attached hydrogen (secondary N) is 1. The maximum absolute atomic E-state index is 12.8. The minimum Gasteiger partial charge on any atom is -0.318 e. The van der Waals surface area contributed by atoms with Crippen molar-refractivity contribution in [3.05, 3.63) is 92.1 Å². The van der Waals surface area contributed by atoms with E-state index in [4.69, 9.17) is 34.8 Å². The molecule has 9 heteroatoms. The van der Waals surface area contributed by atoms with Crippen LogP contribution in [0, 0.1) is 0 Å². The third-order valence-corrected chi connectivity index (χ3v) is 5.49. The standard InChI is InChI=1S/C21H12BrCl3N4O/c22-13-3-1-12(2-4-13)20-27-19(28-29(20)16-8-5-14(23)6-9-16)21(30)26-18-10-7-15(24)11-17(18)25/h1-11H,(H,26,30). The van der Waals surface area contributed by atoms with Crippen LogP contribution < -0.4 is 5.32 Å². The van der Waals surface area contributed by atoms with E-state index in [1.807, 2.05) is 24.3 Å². The molecule has 0 spiro atoms. The topological polar surface area (TPSA) is 59.8 Å². The van der Waals surface area contributed by atoms with Crippen molar-refractivity contribution in [2.75, 3.05) is 5.32 Å². The zero-order chi connectivity index (χ0) is 21.3. The molecule has 0 aliphatic carbocycles. The number of carbonyl (C=O) groups excluding carboxylic acids is 1. The van der Waals surface area contributed by atoms with Gasteiger partial charge in [0.1, 0.15) is 0 Å². The summed E-state index contributed by atoms with van der Waals surface area (Å²) in [6.07, 6.45) is 0. The number of amides is 1. The van der Waals surface area contributed by atoms with E-state index in [9.17, 15) is 4.79 Å². The average molecular weight is 523 g/mol. The molecule has 3 aromatic carbocycles. The molecule has 1 N–H and O–H groups in total. The SMILES string of the molecule is O=C(Nc1ccc(Cl)cc1Cl)c1nc(-c2ccc(Br)cc2)n(-c2ccc(Cl)cc2)n1. The predicted octanol–water partition coefficient (Wildman–Crippen LogP) is 6.91. The van der Waals surface area contributed by atoms with Crippen LogP contribution >= 0.6 is 50.7 Å². The average Bonchev–Trinajstić information content (AvgIpc) is 3.17. The van der Waals surface area contributed by atoms with E-state index in [1.165, 1.54) is 0 Å². The second kappa shape index (κ2) is 8.78. The van der Waals surface area contributed by atoms with Crippen molar-refractivity contribution in [3.63, 3.8) is 0 Å². The quantitative estimate of drug-likeness (QED) is 0.317. The van der Waals surface area contributed by atoms with E-state index < -0.39 is 5.91 Å². The van der Waals surface area contributed by atoms with Gasteiger partial charge >= 0.3 is 0 Å². The van der Waals surface area contributed by atoms with E-state index in [-0.39, 0.29) is 5.82 Å². The van der Waals surface area contributed by atoms with Crippen LogP contribution in [0.1, 0.15) is 10.6 Å². The van der Waals surface area contributed by atoms with E-state index >= 15 is 0 Å². The normalized spacial score (nSPS) is 10.8. The van der Waals surface area contributed by atoms with Gasteiger partial charge in [-0.15, -0.1) is 5.10 Å². The molecule has 0 saturated heterocycles. The van der Waals surface area contributed by atoms with Gasteiger partial charge in [0.15, 0.2) is 5.82 Å². The van der Waals surface area contributed by atoms with Gasteiger partial charge < -0.3 is 5.32 Å². The number of halogens is 4. The molecule has 0 bridgehead atoms. The van der Waals surface area contributed by atoms with Crippen LogP contribution in [0.25, 0.3) is 17.1 Å². The van der Waals surface area contributed by atoms with Gasteiger partial charge in [0.2, 0.25) is 5.82 Å². The van der Waals surface area contributed by atoms with Gasteiger partial charge in [0.05, 0.1) is 16.4 Å². The van der Waals surface area contributed by atoms with E-state index in [0.717, 1.165) is 10.0 Å². The molecule has 5 nitrogen and oxygen atoms in total. The van der Waals surface area contributed by atoms with E-state index in [1.54, 1.807) is 47.1 Å². The summed E-state index contributed by atoms with van der Waals surface area (Å²) in [4.78, 5) is 17.3. The number of hydrogen-bond acceptors (Lipinski definition) is 3. The minimum absolute atomic E-state index is 0.00566. The van der Waals surface area contributed by atoms with Crippen LogP contribution in [-0.2, 0) is 0 Å². The van der Waals surface area contributed by atoms with Crippen LogP contribution in [0.15, 0.2) is 71.2 Å². The first-order valence-electron chi connectivity index (χ1n) is 8.66. The monoisotopic (exact) mass is 520 g/mol. The fourth-order valence-corrected chi connectivity index (χ4v) is 3.57. The van der Waals surface area contributed by atoms with Crippen LogP contribution in [0.2, 0.25) is 15.1 Å². The highest BCUT2D eigenvalue weighted by atomic mass is 79.9. The number of carbonyl (C=O) groups is 1. The Kier molecular flexibility index (Phi) is 6.11. The molecule has 0 saturated carbocycles. The fourth-order valence-electron chi connectivity index (χ4n) is 2.73. The lowest BCUT2D eigenvalue weighted by Crippen LogP contribution is -2.14. The maximum Gasteiger partial charge on any atom is 0.295 e. The second-order valence-corrected chi connectivity index (χ2v) is 8.43. The highest BCUT2D eigenvalue weighted by Gasteiger charge is 2.20. The largest absolute Gasteiger partial charge is 0.318 e. The molecular weight excluding hydrogens is 511 g/mol. The van der Waals surface area contributed by atoms with Gasteiger partial charge in [-0.3, -0.25) is 4.79 Å². The Morgan fingerprint density at radius 3 is 2.23 bits per heavy atom. The van der Waals surface area contributed by atoms with Crippen molar-refractivity contribution >= 4 is 62.3 Å². The first kappa shape index (κ1) is 20.9. The van der Waals surface area contributed by atoms with Gasteiger partial charge in [0.25, 0.3) is 5.91 Å². The van der Waals surface area contributed by atoms with Crippen LogP contribution in [0.4, 0.5) is 5.69 Å². The van der Waals surface area contributed by atoms with Gasteiger partial charge in [-0.1, -0.05) is 62.9 Å². The minimum atomic E-state index is -0.495. The summed E-state index contributed by atoms with van der Waals surface area (Å²) in [6.45, 7) is 0. The fraction of sp³-hybridized carbons (Fsp3) is 0. The van der Waals surface area contributed by atoms with E-state index in [0.29, 0.717) is 32.3 Å². The molecule has 1 aromatic heterocycles. The Balaban J connectivity index is 1.75. The number of rotatable bonds is 4. The molecule has 0 unspecified atom stereocenters. The second-order valence-electron chi connectivity index (χ2n) is 6.23. The third-order valence-electron chi connectivity index (χ3n) is 4.16. The van der Waals surface area contributed by atoms with E-state index in [2.05, 4.69) is 31.3 Å². The summed E-state index contributed by atoms with van der Waals surface area (Å²) in [7, 11) is 0. The molecule has 30 heavy (non-hydrogen) atoms. The number of benzene rings is 3. The van der Waals surface area contributed by atoms with Crippen molar-refractivity contribution in [1.29, 1.82) is 0 Å². The highest BCUT2D eigenvalue weighted by Crippen LogP contribution is 2.27. The number of anilines is 1. The Labute approximate surface area is 195 Å². The van der Waals surface area contributed by atoms with Gasteiger partial charge in [-0.2, -0.15) is 0 Å². The summed E-state index contributed by atoms with van der Waals surface area (Å²) < 4.78 is 2.52. The molecule has 4 aromatic rings. The van der Waals surface area contributed by atoms with Crippen LogP contribution in [0.5, 0.6) is 0 Å². The molecule has 1 amide bonds. The molecule has 0 fully saturated rings. The lowest BCUT2D eigenvalue weighted by Gasteiger charge is -2.06. The lowest BCUT2D eigenvalue weighted by molar-refractivity contribution is 0.101. The molecule has 0 radical (unpaired) electrons. The van der Waals surface area contributed by atoms with Gasteiger partial charge in [-0.05, 0) is 54.6 Å². The van der Waals surface area contributed by atoms with Crippen molar-refractivity contribution in [1.82, 2.24) is 14.8 Å². The Morgan fingerprint density at radius 1 is 0.900 bits per heavy atom. The van der Waals surface area contributed by atoms with Crippen LogP contribution in [0.3, 0.4) is 0 Å². The summed E-state index contributed by atoms with van der Waals surface area (Å²) in [5, 5.41) is 8.53. The molecular formula is C21H12BrCl3N4O. The predicted molar refractivity (Wildman–Crippen MR) is 124 cm³/mol. The smallest absolute Gasteiger partial charge is 0.295 e. The summed E-state index contributed by atoms with van der Waals surface area (Å²) in [5.41, 5.74) is 1.93. The Hall–Kier alpha value is -2.38. The van der Waals surface area contributed by atoms with Crippen molar-refractivity contribution < 1.29 is 4.79 Å². The zero-order valence-electron chi connectivity index (χ0n) is 15.1. The van der Waals surface area contributed by atoms with Crippen molar-refractivity contribution in [2.24, 2.45) is 0 Å². The lowest BCUT2D eigenvalue weighted by atomic mass is 10.2. The first-order chi connectivity index (χ1) is 14.4. The van der Waals surface area contributed by atoms with Gasteiger partial charge in [0, 0.05) is 20.1 Å². The first-order valence-corrected chi connectivity index (χ1v) is 10.6. The third kappa shape index (κ3) is 4.52. The summed E-state index contributed by atoms with van der Waals surface area (Å²) in [6, 6.07) is 19.5. The van der Waals surface area contributed by atoms with Gasteiger partial charge in [-0.25, -0.2) is 9.67 Å². The zero-order valence-corrected chi connectivity index (χ0v) is 19.0. The van der Waals surface area contributed by atoms with Crippen LogP contribution in [-0.4, -0.2) is 20.7 Å². The molecule has 0 atom stereocenters.